The van der Waals surface area contributed by atoms with Gasteiger partial charge in [0.15, 0.2) is 6.61 Å². The SMILES string of the molecule is COC(=O)[C@H](CCC(=O)C(=O)NC1(CC(C)C)CC1)NC(=O)c1ccc(Nc2nc(NC3(c4ccc(Cl)cc4)CC3)nc(OCC(F)(F)F)n2)cc1. The van der Waals surface area contributed by atoms with Crippen LogP contribution >= 0.6 is 11.6 Å². The van der Waals surface area contributed by atoms with Gasteiger partial charge in [0.05, 0.1) is 12.6 Å². The molecule has 2 amide bonds. The van der Waals surface area contributed by atoms with Crippen LogP contribution in [-0.2, 0) is 24.7 Å². The molecule has 0 bridgehead atoms. The molecule has 52 heavy (non-hydrogen) atoms. The van der Waals surface area contributed by atoms with Gasteiger partial charge in [0.1, 0.15) is 6.04 Å². The van der Waals surface area contributed by atoms with E-state index in [0.29, 0.717) is 29.5 Å². The van der Waals surface area contributed by atoms with E-state index in [0.717, 1.165) is 31.9 Å². The molecule has 0 saturated heterocycles. The van der Waals surface area contributed by atoms with E-state index in [1.807, 2.05) is 26.0 Å². The van der Waals surface area contributed by atoms with Crippen molar-refractivity contribution in [2.24, 2.45) is 5.92 Å². The average Bonchev–Trinajstić information content (AvgIpc) is 4.03. The van der Waals surface area contributed by atoms with E-state index in [2.05, 4.69) is 36.2 Å². The first-order valence-corrected chi connectivity index (χ1v) is 17.1. The third kappa shape index (κ3) is 10.5. The van der Waals surface area contributed by atoms with Crippen LogP contribution in [0.1, 0.15) is 74.7 Å². The third-order valence-corrected chi connectivity index (χ3v) is 8.87. The summed E-state index contributed by atoms with van der Waals surface area (Å²) in [5.74, 6) is -2.66. The number of Topliss-reactive ketones (excluding diaryl/α,β-unsaturated/α-hetero) is 1. The molecule has 3 aromatic rings. The van der Waals surface area contributed by atoms with E-state index in [1.165, 1.54) is 24.3 Å². The second kappa shape index (κ2) is 15.7. The largest absolute Gasteiger partial charge is 0.467 e. The lowest BCUT2D eigenvalue weighted by molar-refractivity contribution is -0.154. The van der Waals surface area contributed by atoms with Crippen molar-refractivity contribution >= 4 is 52.8 Å². The van der Waals surface area contributed by atoms with Crippen LogP contribution in [0.4, 0.5) is 30.8 Å². The normalized spacial score (nSPS) is 15.9. The van der Waals surface area contributed by atoms with Crippen molar-refractivity contribution in [1.82, 2.24) is 25.6 Å². The zero-order valence-corrected chi connectivity index (χ0v) is 29.5. The average molecular weight is 746 g/mol. The van der Waals surface area contributed by atoms with E-state index in [1.54, 1.807) is 12.1 Å². The molecule has 1 aromatic heterocycles. The molecular weight excluding hydrogens is 707 g/mol. The fourth-order valence-corrected chi connectivity index (χ4v) is 5.88. The summed E-state index contributed by atoms with van der Waals surface area (Å²) in [5, 5.41) is 12.0. The van der Waals surface area contributed by atoms with Gasteiger partial charge in [-0.05, 0) is 86.4 Å². The van der Waals surface area contributed by atoms with Gasteiger partial charge in [-0.15, -0.1) is 0 Å². The number of carbonyl (C=O) groups is 4. The number of anilines is 3. The summed E-state index contributed by atoms with van der Waals surface area (Å²) in [6.07, 6.45) is -1.28. The van der Waals surface area contributed by atoms with Crippen LogP contribution in [-0.4, -0.2) is 70.0 Å². The first kappa shape index (κ1) is 38.2. The molecule has 1 heterocycles. The Balaban J connectivity index is 1.23. The molecule has 2 aliphatic rings. The van der Waals surface area contributed by atoms with Crippen molar-refractivity contribution in [1.29, 1.82) is 0 Å². The molecule has 0 aliphatic heterocycles. The third-order valence-electron chi connectivity index (χ3n) is 8.62. The Labute approximate surface area is 302 Å². The number of alkyl halides is 3. The number of esters is 1. The van der Waals surface area contributed by atoms with E-state index >= 15 is 0 Å². The lowest BCUT2D eigenvalue weighted by Crippen LogP contribution is -2.44. The lowest BCUT2D eigenvalue weighted by atomic mass is 10.0. The summed E-state index contributed by atoms with van der Waals surface area (Å²) in [7, 11) is 1.14. The number of benzene rings is 2. The molecule has 0 spiro atoms. The summed E-state index contributed by atoms with van der Waals surface area (Å²) >= 11 is 6.03. The van der Waals surface area contributed by atoms with Gasteiger partial charge in [-0.2, -0.15) is 28.1 Å². The van der Waals surface area contributed by atoms with Crippen LogP contribution < -0.4 is 26.0 Å². The topological polar surface area (TPSA) is 174 Å². The van der Waals surface area contributed by atoms with Crippen molar-refractivity contribution in [3.63, 3.8) is 0 Å². The summed E-state index contributed by atoms with van der Waals surface area (Å²) in [5.41, 5.74) is 0.490. The number of halogens is 4. The molecule has 13 nitrogen and oxygen atoms in total. The molecule has 0 radical (unpaired) electrons. The Morgan fingerprint density at radius 1 is 0.923 bits per heavy atom. The first-order chi connectivity index (χ1) is 24.6. The van der Waals surface area contributed by atoms with Gasteiger partial charge in [-0.3, -0.25) is 14.4 Å². The monoisotopic (exact) mass is 745 g/mol. The molecule has 4 N–H and O–H groups in total. The quantitative estimate of drug-likeness (QED) is 0.0997. The molecule has 0 unspecified atom stereocenters. The van der Waals surface area contributed by atoms with Gasteiger partial charge >= 0.3 is 18.2 Å². The number of ketones is 1. The summed E-state index contributed by atoms with van der Waals surface area (Å²) in [6, 6.07) is 11.2. The van der Waals surface area contributed by atoms with Gasteiger partial charge < -0.3 is 30.7 Å². The molecular formula is C35H39ClF3N7O6. The minimum atomic E-state index is -4.63. The van der Waals surface area contributed by atoms with Crippen LogP contribution in [0.25, 0.3) is 0 Å². The van der Waals surface area contributed by atoms with Gasteiger partial charge in [-0.1, -0.05) is 37.6 Å². The van der Waals surface area contributed by atoms with E-state index in [9.17, 15) is 32.3 Å². The molecule has 278 valence electrons. The Hall–Kier alpha value is -4.99. The molecule has 2 fully saturated rings. The van der Waals surface area contributed by atoms with Crippen LogP contribution in [0.2, 0.25) is 5.02 Å². The van der Waals surface area contributed by atoms with Gasteiger partial charge in [0.2, 0.25) is 17.7 Å². The number of methoxy groups -OCH3 is 1. The predicted octanol–water partition coefficient (Wildman–Crippen LogP) is 5.63. The molecule has 1 atom stereocenters. The molecule has 2 saturated carbocycles. The van der Waals surface area contributed by atoms with Crippen LogP contribution in [0.15, 0.2) is 48.5 Å². The minimum Gasteiger partial charge on any atom is -0.467 e. The predicted molar refractivity (Wildman–Crippen MR) is 184 cm³/mol. The lowest BCUT2D eigenvalue weighted by Gasteiger charge is -2.20. The number of hydrogen-bond donors (Lipinski definition) is 4. The van der Waals surface area contributed by atoms with Crippen molar-refractivity contribution < 1.29 is 41.8 Å². The summed E-state index contributed by atoms with van der Waals surface area (Å²) in [4.78, 5) is 63.0. The van der Waals surface area contributed by atoms with Gasteiger partial charge in [0.25, 0.3) is 11.8 Å². The fourth-order valence-electron chi connectivity index (χ4n) is 5.75. The summed E-state index contributed by atoms with van der Waals surface area (Å²) in [6.45, 7) is 2.46. The van der Waals surface area contributed by atoms with E-state index in [4.69, 9.17) is 21.1 Å². The number of nitrogens with zero attached hydrogens (tertiary/aromatic N) is 3. The maximum atomic E-state index is 13.1. The second-order valence-electron chi connectivity index (χ2n) is 13.4. The highest BCUT2D eigenvalue weighted by atomic mass is 35.5. The van der Waals surface area contributed by atoms with Crippen molar-refractivity contribution in [2.45, 2.75) is 82.1 Å². The number of hydrogen-bond acceptors (Lipinski definition) is 11. The Bertz CT molecular complexity index is 1780. The second-order valence-corrected chi connectivity index (χ2v) is 13.9. The van der Waals surface area contributed by atoms with Crippen LogP contribution in [0.3, 0.4) is 0 Å². The van der Waals surface area contributed by atoms with Crippen LogP contribution in [0, 0.1) is 5.92 Å². The van der Waals surface area contributed by atoms with Gasteiger partial charge in [0, 0.05) is 28.2 Å². The van der Waals surface area contributed by atoms with Crippen molar-refractivity contribution in [2.75, 3.05) is 24.4 Å². The van der Waals surface area contributed by atoms with Crippen molar-refractivity contribution in [3.8, 4) is 6.01 Å². The molecule has 2 aromatic carbocycles. The van der Waals surface area contributed by atoms with Crippen molar-refractivity contribution in [3.05, 3.63) is 64.7 Å². The highest BCUT2D eigenvalue weighted by molar-refractivity contribution is 6.36. The Morgan fingerprint density at radius 2 is 1.58 bits per heavy atom. The zero-order chi connectivity index (χ0) is 37.7. The number of aromatic nitrogens is 3. The van der Waals surface area contributed by atoms with E-state index in [-0.39, 0.29) is 35.8 Å². The smallest absolute Gasteiger partial charge is 0.422 e. The van der Waals surface area contributed by atoms with E-state index < -0.39 is 53.9 Å². The maximum absolute atomic E-state index is 13.1. The number of nitrogens with one attached hydrogen (secondary N) is 4. The molecule has 5 rings (SSSR count). The molecule has 2 aliphatic carbocycles. The Morgan fingerprint density at radius 3 is 2.15 bits per heavy atom. The highest BCUT2D eigenvalue weighted by Crippen LogP contribution is 2.48. The minimum absolute atomic E-state index is 0.0226. The highest BCUT2D eigenvalue weighted by Gasteiger charge is 2.46. The fraction of sp³-hybridized carbons (Fsp3) is 0.457. The van der Waals surface area contributed by atoms with Crippen LogP contribution in [0.5, 0.6) is 6.01 Å². The summed E-state index contributed by atoms with van der Waals surface area (Å²) < 4.78 is 48.5. The number of carbonyl (C=O) groups excluding carboxylic acids is 4. The standard InChI is InChI=1S/C35H39ClF3N7O6/c1-20(2)18-33(14-15-33)45-28(49)26(47)13-12-25(29(50)51-3)41-27(48)21-4-10-24(11-5-21)40-30-42-31(44-32(43-30)52-19-35(37,38)39)46-34(16-17-34)22-6-8-23(36)9-7-22/h4-11,20,25H,12-19H2,1-3H3,(H,41,48)(H,45,49)(H2,40,42,43,44,46)/t25-/m0/s1. The number of amides is 2. The molecule has 17 heteroatoms. The Kier molecular flexibility index (Phi) is 11.6. The number of rotatable bonds is 17. The van der Waals surface area contributed by atoms with Gasteiger partial charge in [-0.25, -0.2) is 4.79 Å². The maximum Gasteiger partial charge on any atom is 0.422 e. The zero-order valence-electron chi connectivity index (χ0n) is 28.7. The first-order valence-electron chi connectivity index (χ1n) is 16.7. The number of ether oxygens (including phenoxy) is 2.